The van der Waals surface area contributed by atoms with Gasteiger partial charge in [0.2, 0.25) is 0 Å². The molecule has 0 spiro atoms. The minimum atomic E-state index is -1.21. The number of carboxylic acids is 1. The molecule has 1 rings (SSSR count). The Balaban J connectivity index is 2.66. The number of aliphatic carboxylic acids is 1. The zero-order valence-corrected chi connectivity index (χ0v) is 8.37. The molecule has 0 amide bonds. The van der Waals surface area contributed by atoms with Crippen LogP contribution in [0.4, 0.5) is 4.39 Å². The SMILES string of the molecule is NC(COc1cccc(Cl)c1F)C(=O)O. The highest BCUT2D eigenvalue weighted by Crippen LogP contribution is 2.23. The van der Waals surface area contributed by atoms with Gasteiger partial charge < -0.3 is 15.6 Å². The van der Waals surface area contributed by atoms with Crippen molar-refractivity contribution >= 4 is 17.6 Å². The Hall–Kier alpha value is -1.33. The van der Waals surface area contributed by atoms with Crippen molar-refractivity contribution in [2.45, 2.75) is 6.04 Å². The molecule has 0 aliphatic carbocycles. The molecular weight excluding hydrogens is 225 g/mol. The largest absolute Gasteiger partial charge is 0.488 e. The molecule has 0 bridgehead atoms. The van der Waals surface area contributed by atoms with E-state index in [1.165, 1.54) is 18.2 Å². The Morgan fingerprint density at radius 2 is 2.33 bits per heavy atom. The monoisotopic (exact) mass is 233 g/mol. The van der Waals surface area contributed by atoms with Crippen LogP contribution < -0.4 is 10.5 Å². The molecule has 4 nitrogen and oxygen atoms in total. The van der Waals surface area contributed by atoms with Gasteiger partial charge in [-0.25, -0.2) is 4.39 Å². The fourth-order valence-electron chi connectivity index (χ4n) is 0.846. The van der Waals surface area contributed by atoms with Crippen molar-refractivity contribution in [1.82, 2.24) is 0 Å². The van der Waals surface area contributed by atoms with Crippen molar-refractivity contribution in [2.24, 2.45) is 5.73 Å². The lowest BCUT2D eigenvalue weighted by Crippen LogP contribution is -2.36. The zero-order valence-electron chi connectivity index (χ0n) is 7.61. The van der Waals surface area contributed by atoms with Gasteiger partial charge in [-0.05, 0) is 12.1 Å². The minimum Gasteiger partial charge on any atom is -0.488 e. The molecule has 0 radical (unpaired) electrons. The van der Waals surface area contributed by atoms with Crippen molar-refractivity contribution in [3.05, 3.63) is 29.0 Å². The van der Waals surface area contributed by atoms with Gasteiger partial charge in [-0.15, -0.1) is 0 Å². The molecule has 82 valence electrons. The topological polar surface area (TPSA) is 72.5 Å². The van der Waals surface area contributed by atoms with Gasteiger partial charge in [0, 0.05) is 0 Å². The number of rotatable bonds is 4. The summed E-state index contributed by atoms with van der Waals surface area (Å²) in [7, 11) is 0. The Labute approximate surface area is 90.4 Å². The van der Waals surface area contributed by atoms with E-state index in [2.05, 4.69) is 0 Å². The van der Waals surface area contributed by atoms with Crippen molar-refractivity contribution in [3.8, 4) is 5.75 Å². The van der Waals surface area contributed by atoms with Crippen molar-refractivity contribution in [1.29, 1.82) is 0 Å². The fourth-order valence-corrected chi connectivity index (χ4v) is 1.01. The molecule has 0 aliphatic rings. The number of ether oxygens (including phenoxy) is 1. The second-order valence-electron chi connectivity index (χ2n) is 2.81. The van der Waals surface area contributed by atoms with Gasteiger partial charge in [0.15, 0.2) is 11.6 Å². The molecule has 6 heteroatoms. The molecule has 1 atom stereocenters. The number of hydrogen-bond acceptors (Lipinski definition) is 3. The van der Waals surface area contributed by atoms with E-state index < -0.39 is 17.8 Å². The number of carboxylic acid groups (broad SMARTS) is 1. The Morgan fingerprint density at radius 3 is 2.93 bits per heavy atom. The van der Waals surface area contributed by atoms with Gasteiger partial charge in [-0.2, -0.15) is 0 Å². The molecular formula is C9H9ClFNO3. The van der Waals surface area contributed by atoms with E-state index in [4.69, 9.17) is 27.2 Å². The number of nitrogens with two attached hydrogens (primary N) is 1. The first-order valence-corrected chi connectivity index (χ1v) is 4.45. The van der Waals surface area contributed by atoms with Crippen LogP contribution in [0.1, 0.15) is 0 Å². The van der Waals surface area contributed by atoms with Crippen molar-refractivity contribution in [2.75, 3.05) is 6.61 Å². The Bertz CT molecular complexity index is 372. The summed E-state index contributed by atoms with van der Waals surface area (Å²) in [5, 5.41) is 8.37. The first kappa shape index (κ1) is 11.7. The van der Waals surface area contributed by atoms with Crippen LogP contribution in [0.15, 0.2) is 18.2 Å². The standard InChI is InChI=1S/C9H9ClFNO3/c10-5-2-1-3-7(8(5)11)15-4-6(12)9(13)14/h1-3,6H,4,12H2,(H,13,14). The maximum atomic E-state index is 13.2. The van der Waals surface area contributed by atoms with Gasteiger partial charge in [0.05, 0.1) is 5.02 Å². The number of halogens is 2. The van der Waals surface area contributed by atoms with E-state index in [9.17, 15) is 9.18 Å². The Morgan fingerprint density at radius 1 is 1.67 bits per heavy atom. The van der Waals surface area contributed by atoms with E-state index in [0.717, 1.165) is 0 Å². The average Bonchev–Trinajstić information content (AvgIpc) is 2.19. The highest BCUT2D eigenvalue weighted by molar-refractivity contribution is 6.30. The second-order valence-corrected chi connectivity index (χ2v) is 3.21. The summed E-state index contributed by atoms with van der Waals surface area (Å²) in [6, 6.07) is 3.01. The smallest absolute Gasteiger partial charge is 0.324 e. The predicted octanol–water partition coefficient (Wildman–Crippen LogP) is 1.27. The zero-order chi connectivity index (χ0) is 11.4. The van der Waals surface area contributed by atoms with Crippen LogP contribution in [0.5, 0.6) is 5.75 Å². The summed E-state index contributed by atoms with van der Waals surface area (Å²) in [5.41, 5.74) is 5.17. The fraction of sp³-hybridized carbons (Fsp3) is 0.222. The molecule has 0 saturated heterocycles. The summed E-state index contributed by atoms with van der Waals surface area (Å²) in [6.07, 6.45) is 0. The highest BCUT2D eigenvalue weighted by Gasteiger charge is 2.14. The molecule has 3 N–H and O–H groups in total. The molecule has 15 heavy (non-hydrogen) atoms. The van der Waals surface area contributed by atoms with Gasteiger partial charge in [-0.1, -0.05) is 17.7 Å². The van der Waals surface area contributed by atoms with Crippen LogP contribution in [0, 0.1) is 5.82 Å². The molecule has 0 aromatic heterocycles. The summed E-state index contributed by atoms with van der Waals surface area (Å²) in [6.45, 7) is -0.313. The predicted molar refractivity (Wildman–Crippen MR) is 52.5 cm³/mol. The van der Waals surface area contributed by atoms with Gasteiger partial charge in [0.25, 0.3) is 0 Å². The van der Waals surface area contributed by atoms with Crippen LogP contribution in [0.25, 0.3) is 0 Å². The van der Waals surface area contributed by atoms with Crippen LogP contribution in [0.2, 0.25) is 5.02 Å². The lowest BCUT2D eigenvalue weighted by Gasteiger charge is -2.10. The van der Waals surface area contributed by atoms with Crippen LogP contribution in [-0.4, -0.2) is 23.7 Å². The molecule has 1 unspecified atom stereocenters. The molecule has 0 heterocycles. The summed E-state index contributed by atoms with van der Waals surface area (Å²) >= 11 is 5.49. The summed E-state index contributed by atoms with van der Waals surface area (Å²) < 4.78 is 18.1. The quantitative estimate of drug-likeness (QED) is 0.822. The minimum absolute atomic E-state index is 0.0867. The summed E-state index contributed by atoms with van der Waals surface area (Å²) in [5.74, 6) is -2.05. The molecule has 0 saturated carbocycles. The second kappa shape index (κ2) is 4.95. The van der Waals surface area contributed by atoms with E-state index >= 15 is 0 Å². The van der Waals surface area contributed by atoms with E-state index in [-0.39, 0.29) is 17.4 Å². The van der Waals surface area contributed by atoms with Crippen molar-refractivity contribution in [3.63, 3.8) is 0 Å². The van der Waals surface area contributed by atoms with E-state index in [0.29, 0.717) is 0 Å². The van der Waals surface area contributed by atoms with E-state index in [1.54, 1.807) is 0 Å². The number of benzene rings is 1. The lowest BCUT2D eigenvalue weighted by molar-refractivity contribution is -0.139. The van der Waals surface area contributed by atoms with E-state index in [1.807, 2.05) is 0 Å². The third-order valence-corrected chi connectivity index (χ3v) is 1.94. The first-order valence-electron chi connectivity index (χ1n) is 4.07. The lowest BCUT2D eigenvalue weighted by atomic mass is 10.3. The van der Waals surface area contributed by atoms with Crippen molar-refractivity contribution < 1.29 is 19.0 Å². The normalized spacial score (nSPS) is 12.2. The summed E-state index contributed by atoms with van der Waals surface area (Å²) in [4.78, 5) is 10.3. The molecule has 0 aliphatic heterocycles. The molecule has 0 fully saturated rings. The number of hydrogen-bond donors (Lipinski definition) is 2. The highest BCUT2D eigenvalue weighted by atomic mass is 35.5. The Kier molecular flexibility index (Phi) is 3.88. The van der Waals surface area contributed by atoms with Crippen LogP contribution >= 0.6 is 11.6 Å². The number of carbonyl (C=O) groups is 1. The maximum absolute atomic E-state index is 13.2. The maximum Gasteiger partial charge on any atom is 0.324 e. The third kappa shape index (κ3) is 3.07. The molecule has 1 aromatic carbocycles. The van der Waals surface area contributed by atoms with Gasteiger partial charge >= 0.3 is 5.97 Å². The van der Waals surface area contributed by atoms with Gasteiger partial charge in [-0.3, -0.25) is 4.79 Å². The van der Waals surface area contributed by atoms with Crippen LogP contribution in [-0.2, 0) is 4.79 Å². The van der Waals surface area contributed by atoms with Gasteiger partial charge in [0.1, 0.15) is 12.6 Å². The average molecular weight is 234 g/mol. The molecule has 1 aromatic rings. The van der Waals surface area contributed by atoms with Crippen LogP contribution in [0.3, 0.4) is 0 Å². The third-order valence-electron chi connectivity index (χ3n) is 1.65. The first-order chi connectivity index (χ1) is 7.02.